The van der Waals surface area contributed by atoms with Crippen LogP contribution in [0, 0.1) is 0 Å². The van der Waals surface area contributed by atoms with E-state index in [1.165, 1.54) is 11.3 Å². The summed E-state index contributed by atoms with van der Waals surface area (Å²) in [6.45, 7) is 0. The highest BCUT2D eigenvalue weighted by Gasteiger charge is 2.16. The Hall–Kier alpha value is -0.710. The third-order valence-corrected chi connectivity index (χ3v) is 3.18. The molecule has 0 aliphatic heterocycles. The number of carboxylic acids is 1. The Morgan fingerprint density at radius 2 is 2.23 bits per heavy atom. The predicted molar refractivity (Wildman–Crippen MR) is 53.2 cm³/mol. The molecule has 0 spiro atoms. The minimum atomic E-state index is -1.07. The highest BCUT2D eigenvalue weighted by atomic mass is 35.5. The number of hydrogen-bond acceptors (Lipinski definition) is 2. The first-order valence-corrected chi connectivity index (χ1v) is 4.86. The number of aromatic carboxylic acids is 1. The number of fused-ring (bicyclic) bond motifs is 1. The van der Waals surface area contributed by atoms with E-state index >= 15 is 0 Å². The zero-order chi connectivity index (χ0) is 9.59. The molecule has 0 radical (unpaired) electrons. The lowest BCUT2D eigenvalue weighted by Gasteiger charge is -1.87. The zero-order valence-corrected chi connectivity index (χ0v) is 8.43. The van der Waals surface area contributed by atoms with E-state index < -0.39 is 5.97 Å². The average molecular weight is 236 g/mol. The normalized spacial score (nSPS) is 10.9. The maximum atomic E-state index is 10.6. The fraction of sp³-hybridized carbons (Fsp3) is 0. The van der Waals surface area contributed by atoms with Crippen molar-refractivity contribution < 1.29 is 9.90 Å². The molecule has 2 heterocycles. The van der Waals surface area contributed by atoms with Gasteiger partial charge in [0.25, 0.3) is 0 Å². The lowest BCUT2D eigenvalue weighted by Crippen LogP contribution is -1.96. The van der Waals surface area contributed by atoms with Crippen LogP contribution in [0.25, 0.3) is 10.2 Å². The molecular weight excluding hydrogens is 233 g/mol. The van der Waals surface area contributed by atoms with Crippen LogP contribution < -0.4 is 0 Å². The van der Waals surface area contributed by atoms with Crippen LogP contribution in [0.2, 0.25) is 9.36 Å². The van der Waals surface area contributed by atoms with Gasteiger partial charge in [0.15, 0.2) is 0 Å². The molecule has 0 bridgehead atoms. The van der Waals surface area contributed by atoms with Crippen molar-refractivity contribution >= 4 is 50.7 Å². The summed E-state index contributed by atoms with van der Waals surface area (Å²) in [5.41, 5.74) is 0.0135. The predicted octanol–water partition coefficient (Wildman–Crippen LogP) is 3.23. The van der Waals surface area contributed by atoms with Gasteiger partial charge in [0.05, 0.1) is 9.36 Å². The van der Waals surface area contributed by atoms with Crippen molar-refractivity contribution in [2.24, 2.45) is 0 Å². The Bertz CT molecular complexity index is 488. The van der Waals surface area contributed by atoms with Gasteiger partial charge in [0, 0.05) is 5.39 Å². The van der Waals surface area contributed by atoms with E-state index in [4.69, 9.17) is 28.3 Å². The van der Waals surface area contributed by atoms with Gasteiger partial charge < -0.3 is 10.1 Å². The number of hydrogen-bond donors (Lipinski definition) is 2. The molecule has 0 aliphatic rings. The van der Waals surface area contributed by atoms with E-state index in [0.717, 1.165) is 0 Å². The van der Waals surface area contributed by atoms with Gasteiger partial charge in [-0.05, 0) is 6.07 Å². The van der Waals surface area contributed by atoms with E-state index in [9.17, 15) is 4.79 Å². The molecule has 0 atom stereocenters. The molecule has 6 heteroatoms. The average Bonchev–Trinajstić information content (AvgIpc) is 2.51. The number of halogens is 2. The second kappa shape index (κ2) is 2.90. The van der Waals surface area contributed by atoms with E-state index in [-0.39, 0.29) is 10.7 Å². The maximum Gasteiger partial charge on any atom is 0.353 e. The smallest absolute Gasteiger partial charge is 0.353 e. The molecule has 2 aromatic rings. The molecule has 0 aliphatic carbocycles. The molecule has 0 amide bonds. The summed E-state index contributed by atoms with van der Waals surface area (Å²) in [7, 11) is 0. The zero-order valence-electron chi connectivity index (χ0n) is 6.10. The summed E-state index contributed by atoms with van der Waals surface area (Å²) in [5, 5.41) is 9.59. The van der Waals surface area contributed by atoms with Crippen LogP contribution in [-0.4, -0.2) is 16.1 Å². The molecular formula is C7H3Cl2NO2S. The van der Waals surface area contributed by atoms with Crippen LogP contribution in [0.5, 0.6) is 0 Å². The molecule has 0 unspecified atom stereocenters. The van der Waals surface area contributed by atoms with Crippen molar-refractivity contribution in [2.75, 3.05) is 0 Å². The first kappa shape index (κ1) is 8.87. The lowest BCUT2D eigenvalue weighted by atomic mass is 10.3. The Morgan fingerprint density at radius 3 is 2.77 bits per heavy atom. The highest BCUT2D eigenvalue weighted by Crippen LogP contribution is 2.35. The van der Waals surface area contributed by atoms with Crippen molar-refractivity contribution in [1.82, 2.24) is 4.98 Å². The molecule has 0 aromatic carbocycles. The summed E-state index contributed by atoms with van der Waals surface area (Å²) < 4.78 is 0.583. The van der Waals surface area contributed by atoms with Crippen LogP contribution >= 0.6 is 34.5 Å². The summed E-state index contributed by atoms with van der Waals surface area (Å²) >= 11 is 12.8. The summed E-state index contributed by atoms with van der Waals surface area (Å²) in [6.07, 6.45) is 0. The topological polar surface area (TPSA) is 53.1 Å². The summed E-state index contributed by atoms with van der Waals surface area (Å²) in [6, 6.07) is 1.65. The Kier molecular flexibility index (Phi) is 1.98. The SMILES string of the molecule is O=C(O)c1[nH]c2sc(Cl)cc2c1Cl. The summed E-state index contributed by atoms with van der Waals surface area (Å²) in [5.74, 6) is -1.07. The number of aromatic nitrogens is 1. The Balaban J connectivity index is 2.76. The minimum Gasteiger partial charge on any atom is -0.477 e. The van der Waals surface area contributed by atoms with Crippen LogP contribution in [-0.2, 0) is 0 Å². The minimum absolute atomic E-state index is 0.0135. The van der Waals surface area contributed by atoms with Crippen molar-refractivity contribution in [3.05, 3.63) is 21.1 Å². The molecule has 68 valence electrons. The van der Waals surface area contributed by atoms with Crippen molar-refractivity contribution in [3.63, 3.8) is 0 Å². The standard InChI is InChI=1S/C7H3Cl2NO2S/c8-3-1-2-4(9)5(7(11)12)10-6(2)13-3/h1,10H,(H,11,12). The van der Waals surface area contributed by atoms with Gasteiger partial charge in [-0.3, -0.25) is 0 Å². The molecule has 2 N–H and O–H groups in total. The Morgan fingerprint density at radius 1 is 1.54 bits per heavy atom. The molecule has 2 aromatic heterocycles. The van der Waals surface area contributed by atoms with E-state index in [2.05, 4.69) is 4.98 Å². The van der Waals surface area contributed by atoms with Crippen molar-refractivity contribution in [3.8, 4) is 0 Å². The van der Waals surface area contributed by atoms with E-state index in [1.807, 2.05) is 0 Å². The number of H-pyrrole nitrogens is 1. The number of rotatable bonds is 1. The number of carbonyl (C=O) groups is 1. The number of thiophene rings is 1. The first-order chi connectivity index (χ1) is 6.09. The van der Waals surface area contributed by atoms with E-state index in [0.29, 0.717) is 14.6 Å². The largest absolute Gasteiger partial charge is 0.477 e. The molecule has 3 nitrogen and oxygen atoms in total. The second-order valence-corrected chi connectivity index (χ2v) is 4.47. The van der Waals surface area contributed by atoms with Gasteiger partial charge >= 0.3 is 5.97 Å². The van der Waals surface area contributed by atoms with Crippen LogP contribution in [0.15, 0.2) is 6.07 Å². The Labute approximate surface area is 86.9 Å². The second-order valence-electron chi connectivity index (χ2n) is 2.41. The number of aromatic amines is 1. The third kappa shape index (κ3) is 1.31. The van der Waals surface area contributed by atoms with Crippen molar-refractivity contribution in [1.29, 1.82) is 0 Å². The molecule has 0 saturated carbocycles. The van der Waals surface area contributed by atoms with Gasteiger partial charge in [-0.25, -0.2) is 4.79 Å². The van der Waals surface area contributed by atoms with Gasteiger partial charge in [0.2, 0.25) is 0 Å². The number of nitrogens with one attached hydrogen (secondary N) is 1. The quantitative estimate of drug-likeness (QED) is 0.798. The first-order valence-electron chi connectivity index (χ1n) is 3.29. The fourth-order valence-corrected chi connectivity index (χ4v) is 2.54. The fourth-order valence-electron chi connectivity index (χ4n) is 1.07. The lowest BCUT2D eigenvalue weighted by molar-refractivity contribution is 0.0692. The van der Waals surface area contributed by atoms with Gasteiger partial charge in [-0.1, -0.05) is 23.2 Å². The monoisotopic (exact) mass is 235 g/mol. The van der Waals surface area contributed by atoms with Gasteiger partial charge in [-0.2, -0.15) is 0 Å². The van der Waals surface area contributed by atoms with Crippen LogP contribution in [0.4, 0.5) is 0 Å². The molecule has 13 heavy (non-hydrogen) atoms. The van der Waals surface area contributed by atoms with Gasteiger partial charge in [-0.15, -0.1) is 11.3 Å². The highest BCUT2D eigenvalue weighted by molar-refractivity contribution is 7.22. The maximum absolute atomic E-state index is 10.6. The molecule has 2 rings (SSSR count). The van der Waals surface area contributed by atoms with Crippen LogP contribution in [0.3, 0.4) is 0 Å². The van der Waals surface area contributed by atoms with Crippen molar-refractivity contribution in [2.45, 2.75) is 0 Å². The summed E-state index contributed by atoms with van der Waals surface area (Å²) in [4.78, 5) is 14.0. The number of carboxylic acid groups (broad SMARTS) is 1. The third-order valence-electron chi connectivity index (χ3n) is 1.61. The van der Waals surface area contributed by atoms with Gasteiger partial charge in [0.1, 0.15) is 10.5 Å². The van der Waals surface area contributed by atoms with Crippen LogP contribution in [0.1, 0.15) is 10.5 Å². The molecule has 0 fully saturated rings. The van der Waals surface area contributed by atoms with E-state index in [1.54, 1.807) is 6.07 Å². The molecule has 0 saturated heterocycles.